The summed E-state index contributed by atoms with van der Waals surface area (Å²) in [5, 5.41) is 18.0. The zero-order chi connectivity index (χ0) is 5.41. The van der Waals surface area contributed by atoms with Crippen molar-refractivity contribution in [2.45, 2.75) is 0 Å². The van der Waals surface area contributed by atoms with Crippen molar-refractivity contribution in [3.63, 3.8) is 0 Å². The molecule has 0 heterocycles. The van der Waals surface area contributed by atoms with Crippen LogP contribution < -0.4 is 24.6 Å². The maximum atomic E-state index is 8.00. The molecule has 11 heteroatoms. The first-order valence-corrected chi connectivity index (χ1v) is 0.730. The summed E-state index contributed by atoms with van der Waals surface area (Å²) in [6.07, 6.45) is 0. The topological polar surface area (TPSA) is 245 Å². The monoisotopic (exact) mass is 266 g/mol. The summed E-state index contributed by atoms with van der Waals surface area (Å²) in [6, 6.07) is 0. The Morgan fingerprint density at radius 3 is 0.727 bits per heavy atom. The van der Waals surface area contributed by atoms with E-state index in [4.69, 9.17) is 20.2 Å². The molecule has 0 aromatic rings. The first-order chi connectivity index (χ1) is 2.83. The third-order valence-corrected chi connectivity index (χ3v) is 0. The van der Waals surface area contributed by atoms with E-state index >= 15 is 0 Å². The van der Waals surface area contributed by atoms with Crippen LogP contribution in [0.25, 0.3) is 0 Å². The van der Waals surface area contributed by atoms with Gasteiger partial charge in [0.25, 0.3) is 0 Å². The molecule has 0 aliphatic rings. The van der Waals surface area contributed by atoms with Crippen LogP contribution in [0.4, 0.5) is 0 Å². The van der Waals surface area contributed by atoms with E-state index in [0.717, 1.165) is 10.7 Å². The van der Waals surface area contributed by atoms with Gasteiger partial charge in [0.1, 0.15) is 0 Å². The van der Waals surface area contributed by atoms with Gasteiger partial charge in [0, 0.05) is 0 Å². The maximum absolute atomic E-state index is 8.00. The smallest absolute Gasteiger partial charge is 0.444 e. The van der Waals surface area contributed by atoms with Crippen LogP contribution in [0.2, 0.25) is 0 Å². The van der Waals surface area contributed by atoms with Crippen LogP contribution in [-0.4, -0.2) is 0 Å². The third-order valence-electron chi connectivity index (χ3n) is 0. The molecule has 0 aromatic carbocycles. The quantitative estimate of drug-likeness (QED) is 0.280. The van der Waals surface area contributed by atoms with E-state index in [9.17, 15) is 0 Å². The molecule has 0 aliphatic heterocycles. The Balaban J connectivity index is -0.00000000400. The second-order valence-electron chi connectivity index (χ2n) is 0.149. The standard InChI is InChI=1S/2HNO2.4H3N.Pd/c2*2-1-3;;;;;/h2*(H,2,3);4*1H3;/q;;;;;;+2/p-2. The molecule has 0 unspecified atom stereocenters. The average Bonchev–Trinajstić information content (AvgIpc) is 1.39. The molecule has 11 heavy (non-hydrogen) atoms. The predicted molar refractivity (Wildman–Crippen MR) is 38.4 cm³/mol. The molecule has 0 saturated carbocycles. The second-order valence-corrected chi connectivity index (χ2v) is 0.149. The van der Waals surface area contributed by atoms with Gasteiger partial charge in [0.15, 0.2) is 0 Å². The van der Waals surface area contributed by atoms with Gasteiger partial charge < -0.3 is 44.8 Å². The van der Waals surface area contributed by atoms with Crippen LogP contribution in [0.1, 0.15) is 0 Å². The van der Waals surface area contributed by atoms with Crippen molar-refractivity contribution in [1.82, 2.24) is 24.6 Å². The molecule has 0 atom stereocenters. The molecule has 0 aliphatic carbocycles. The van der Waals surface area contributed by atoms with Gasteiger partial charge in [-0.15, -0.1) is 10.7 Å². The number of hydrogen-bond acceptors (Lipinski definition) is 10. The Hall–Kier alpha value is -0.698. The normalized spacial score (nSPS) is 2.18. The molecule has 0 rings (SSSR count). The summed E-state index contributed by atoms with van der Waals surface area (Å²) in [7, 11) is 0. The van der Waals surface area contributed by atoms with Gasteiger partial charge in [-0.1, -0.05) is 0 Å². The summed E-state index contributed by atoms with van der Waals surface area (Å²) in [4.78, 5) is 16.0. The van der Waals surface area contributed by atoms with Crippen molar-refractivity contribution in [2.24, 2.45) is 10.7 Å². The Bertz CT molecular complexity index is 35.6. The van der Waals surface area contributed by atoms with Gasteiger partial charge in [-0.05, 0) is 0 Å². The van der Waals surface area contributed by atoms with E-state index < -0.39 is 0 Å². The van der Waals surface area contributed by atoms with E-state index in [2.05, 4.69) is 0 Å². The summed E-state index contributed by atoms with van der Waals surface area (Å²) >= 11 is 0. The maximum Gasteiger partial charge on any atom is 2.00 e. The fourth-order valence-corrected chi connectivity index (χ4v) is 0. The van der Waals surface area contributed by atoms with E-state index in [0.29, 0.717) is 0 Å². The van der Waals surface area contributed by atoms with Crippen molar-refractivity contribution < 1.29 is 20.4 Å². The fourth-order valence-electron chi connectivity index (χ4n) is 0. The van der Waals surface area contributed by atoms with Crippen LogP contribution in [0.3, 0.4) is 0 Å². The summed E-state index contributed by atoms with van der Waals surface area (Å²) in [5.74, 6) is 0. The molecule has 10 nitrogen and oxygen atoms in total. The number of nitrogens with zero attached hydrogens (tertiary/aromatic N) is 2. The Morgan fingerprint density at radius 1 is 0.727 bits per heavy atom. The molecule has 0 aromatic heterocycles. The minimum atomic E-state index is 0. The molecule has 0 amide bonds. The SMILES string of the molecule is N.N.N.N.O=N[O-].O=N[O-].[Pd+2]. The van der Waals surface area contributed by atoms with Gasteiger partial charge >= 0.3 is 20.4 Å². The van der Waals surface area contributed by atoms with Gasteiger partial charge in [-0.25, -0.2) is 0 Å². The molecule has 0 saturated heterocycles. The Morgan fingerprint density at radius 2 is 0.727 bits per heavy atom. The van der Waals surface area contributed by atoms with Gasteiger partial charge in [-0.3, -0.25) is 0 Å². The van der Waals surface area contributed by atoms with Gasteiger partial charge in [0.05, 0.1) is 0 Å². The van der Waals surface area contributed by atoms with Gasteiger partial charge in [-0.2, -0.15) is 0 Å². The number of hydrogen-bond donors (Lipinski definition) is 4. The Labute approximate surface area is 76.6 Å². The van der Waals surface area contributed by atoms with Crippen LogP contribution in [0.15, 0.2) is 10.7 Å². The van der Waals surface area contributed by atoms with E-state index in [1.807, 2.05) is 0 Å². The fraction of sp³-hybridized carbons (Fsp3) is 0. The molecule has 12 N–H and O–H groups in total. The van der Waals surface area contributed by atoms with Crippen LogP contribution >= 0.6 is 0 Å². The molecule has 0 fully saturated rings. The Kier molecular flexibility index (Phi) is 2810. The molecule has 76 valence electrons. The average molecular weight is 267 g/mol. The minimum absolute atomic E-state index is 0. The zero-order valence-corrected chi connectivity index (χ0v) is 7.23. The zero-order valence-electron chi connectivity index (χ0n) is 5.67. The van der Waals surface area contributed by atoms with E-state index in [-0.39, 0.29) is 45.0 Å². The van der Waals surface area contributed by atoms with E-state index in [1.165, 1.54) is 0 Å². The molecule has 0 radical (unpaired) electrons. The molecular weight excluding hydrogens is 254 g/mol. The molecule has 0 bridgehead atoms. The first-order valence-electron chi connectivity index (χ1n) is 0.730. The minimum Gasteiger partial charge on any atom is -0.444 e. The summed E-state index contributed by atoms with van der Waals surface area (Å²) < 4.78 is 0. The van der Waals surface area contributed by atoms with Gasteiger partial charge in [0.2, 0.25) is 0 Å². The first kappa shape index (κ1) is 81.7. The van der Waals surface area contributed by atoms with Crippen LogP contribution in [0.5, 0.6) is 0 Å². The second kappa shape index (κ2) is 378. The van der Waals surface area contributed by atoms with E-state index in [1.54, 1.807) is 0 Å². The number of rotatable bonds is 0. The van der Waals surface area contributed by atoms with Crippen LogP contribution in [-0.2, 0) is 20.4 Å². The van der Waals surface area contributed by atoms with Crippen molar-refractivity contribution in [2.75, 3.05) is 0 Å². The largest absolute Gasteiger partial charge is 2.00 e. The molecular formula is H12N6O4Pd. The summed E-state index contributed by atoms with van der Waals surface area (Å²) in [6.45, 7) is 0. The van der Waals surface area contributed by atoms with Crippen molar-refractivity contribution in [1.29, 1.82) is 0 Å². The van der Waals surface area contributed by atoms with Crippen molar-refractivity contribution >= 4 is 0 Å². The third kappa shape index (κ3) is 1020. The summed E-state index contributed by atoms with van der Waals surface area (Å²) in [5.41, 5.74) is 0. The van der Waals surface area contributed by atoms with Crippen molar-refractivity contribution in [3.8, 4) is 0 Å². The molecule has 0 spiro atoms. The van der Waals surface area contributed by atoms with Crippen LogP contribution in [0, 0.1) is 20.2 Å². The van der Waals surface area contributed by atoms with Crippen molar-refractivity contribution in [3.05, 3.63) is 20.2 Å². The predicted octanol–water partition coefficient (Wildman–Crippen LogP) is 1.15.